The van der Waals surface area contributed by atoms with Crippen molar-refractivity contribution < 1.29 is 9.53 Å². The second kappa shape index (κ2) is 7.55. The van der Waals surface area contributed by atoms with Gasteiger partial charge in [-0.25, -0.2) is 0 Å². The molecule has 3 rings (SSSR count). The van der Waals surface area contributed by atoms with Gasteiger partial charge < -0.3 is 4.74 Å². The second-order valence-corrected chi connectivity index (χ2v) is 6.84. The van der Waals surface area contributed by atoms with Gasteiger partial charge in [0.2, 0.25) is 5.13 Å². The number of methoxy groups -OCH3 is 1. The highest BCUT2D eigenvalue weighted by Gasteiger charge is 2.13. The third-order valence-corrected chi connectivity index (χ3v) is 4.87. The first kappa shape index (κ1) is 16.6. The number of halogens is 1. The fraction of sp³-hybridized carbons (Fsp3) is 0.118. The molecular formula is C17H14BrN3O2S. The van der Waals surface area contributed by atoms with Gasteiger partial charge in [0.25, 0.3) is 5.91 Å². The van der Waals surface area contributed by atoms with E-state index in [2.05, 4.69) is 31.4 Å². The maximum absolute atomic E-state index is 12.3. The Balaban J connectivity index is 1.72. The van der Waals surface area contributed by atoms with Gasteiger partial charge in [-0.3, -0.25) is 10.1 Å². The summed E-state index contributed by atoms with van der Waals surface area (Å²) in [6, 6.07) is 15.0. The first-order valence-electron chi connectivity index (χ1n) is 7.17. The van der Waals surface area contributed by atoms with Crippen LogP contribution in [0.4, 0.5) is 5.13 Å². The van der Waals surface area contributed by atoms with Crippen molar-refractivity contribution in [1.82, 2.24) is 10.2 Å². The molecule has 0 unspecified atom stereocenters. The Bertz CT molecular complexity index is 866. The van der Waals surface area contributed by atoms with Crippen LogP contribution in [0.3, 0.4) is 0 Å². The number of carbonyl (C=O) groups is 1. The Kier molecular flexibility index (Phi) is 5.22. The van der Waals surface area contributed by atoms with Crippen LogP contribution in [0.5, 0.6) is 5.75 Å². The van der Waals surface area contributed by atoms with E-state index in [1.807, 2.05) is 42.5 Å². The molecule has 0 saturated heterocycles. The zero-order valence-electron chi connectivity index (χ0n) is 12.8. The molecule has 0 saturated carbocycles. The van der Waals surface area contributed by atoms with Crippen molar-refractivity contribution in [3.63, 3.8) is 0 Å². The van der Waals surface area contributed by atoms with Crippen molar-refractivity contribution in [2.75, 3.05) is 12.4 Å². The highest BCUT2D eigenvalue weighted by atomic mass is 79.9. The molecule has 122 valence electrons. The molecule has 3 aromatic rings. The quantitative estimate of drug-likeness (QED) is 0.694. The van der Waals surface area contributed by atoms with E-state index in [0.29, 0.717) is 17.1 Å². The lowest BCUT2D eigenvalue weighted by Crippen LogP contribution is -2.12. The number of rotatable bonds is 5. The van der Waals surface area contributed by atoms with Gasteiger partial charge in [0.1, 0.15) is 10.8 Å². The number of amides is 1. The fourth-order valence-electron chi connectivity index (χ4n) is 2.20. The molecule has 2 aromatic carbocycles. The monoisotopic (exact) mass is 403 g/mol. The highest BCUT2D eigenvalue weighted by Crippen LogP contribution is 2.25. The number of nitrogens with one attached hydrogen (secondary N) is 1. The molecule has 0 aliphatic heterocycles. The minimum absolute atomic E-state index is 0.220. The molecule has 24 heavy (non-hydrogen) atoms. The van der Waals surface area contributed by atoms with E-state index in [9.17, 15) is 4.79 Å². The van der Waals surface area contributed by atoms with Gasteiger partial charge in [-0.2, -0.15) is 0 Å². The maximum atomic E-state index is 12.3. The van der Waals surface area contributed by atoms with Crippen LogP contribution in [-0.4, -0.2) is 23.2 Å². The number of aromatic nitrogens is 2. The van der Waals surface area contributed by atoms with Crippen molar-refractivity contribution in [2.24, 2.45) is 0 Å². The molecule has 0 aliphatic rings. The van der Waals surface area contributed by atoms with Gasteiger partial charge in [-0.15, -0.1) is 10.2 Å². The molecule has 0 fully saturated rings. The minimum atomic E-state index is -0.220. The first-order valence-corrected chi connectivity index (χ1v) is 8.78. The van der Waals surface area contributed by atoms with Crippen LogP contribution in [0.1, 0.15) is 20.9 Å². The summed E-state index contributed by atoms with van der Waals surface area (Å²) >= 11 is 4.72. The average molecular weight is 404 g/mol. The van der Waals surface area contributed by atoms with E-state index in [4.69, 9.17) is 4.74 Å². The number of benzene rings is 2. The molecule has 7 heteroatoms. The van der Waals surface area contributed by atoms with Crippen LogP contribution >= 0.6 is 27.3 Å². The number of para-hydroxylation sites is 1. The van der Waals surface area contributed by atoms with Crippen molar-refractivity contribution >= 4 is 38.3 Å². The van der Waals surface area contributed by atoms with E-state index in [1.165, 1.54) is 11.3 Å². The SMILES string of the molecule is COc1ccccc1Cc1nnc(NC(=O)c2ccccc2Br)s1. The van der Waals surface area contributed by atoms with Gasteiger partial charge in [0, 0.05) is 16.5 Å². The summed E-state index contributed by atoms with van der Waals surface area (Å²) in [4.78, 5) is 12.3. The van der Waals surface area contributed by atoms with Crippen molar-refractivity contribution in [1.29, 1.82) is 0 Å². The maximum Gasteiger partial charge on any atom is 0.258 e. The Morgan fingerprint density at radius 2 is 1.92 bits per heavy atom. The average Bonchev–Trinajstić information content (AvgIpc) is 3.02. The smallest absolute Gasteiger partial charge is 0.258 e. The highest BCUT2D eigenvalue weighted by molar-refractivity contribution is 9.10. The molecule has 0 aliphatic carbocycles. The van der Waals surface area contributed by atoms with Gasteiger partial charge in [0.05, 0.1) is 12.7 Å². The lowest BCUT2D eigenvalue weighted by Gasteiger charge is -2.05. The third-order valence-electron chi connectivity index (χ3n) is 3.34. The molecular weight excluding hydrogens is 390 g/mol. The minimum Gasteiger partial charge on any atom is -0.496 e. The number of ether oxygens (including phenoxy) is 1. The molecule has 1 amide bonds. The number of nitrogens with zero attached hydrogens (tertiary/aromatic N) is 2. The van der Waals surface area contributed by atoms with Crippen LogP contribution in [-0.2, 0) is 6.42 Å². The summed E-state index contributed by atoms with van der Waals surface area (Å²) in [7, 11) is 1.64. The van der Waals surface area contributed by atoms with Crippen LogP contribution < -0.4 is 10.1 Å². The van der Waals surface area contributed by atoms with Crippen LogP contribution in [0.2, 0.25) is 0 Å². The molecule has 5 nitrogen and oxygen atoms in total. The molecule has 1 N–H and O–H groups in total. The molecule has 0 atom stereocenters. The Hall–Kier alpha value is -2.25. The summed E-state index contributed by atoms with van der Waals surface area (Å²) in [5.74, 6) is 0.592. The topological polar surface area (TPSA) is 64.1 Å². The number of carbonyl (C=O) groups excluding carboxylic acids is 1. The predicted octanol–water partition coefficient (Wildman–Crippen LogP) is 4.15. The van der Waals surface area contributed by atoms with Crippen molar-refractivity contribution in [3.05, 3.63) is 69.1 Å². The molecule has 0 radical (unpaired) electrons. The normalized spacial score (nSPS) is 10.4. The summed E-state index contributed by atoms with van der Waals surface area (Å²) < 4.78 is 6.08. The Morgan fingerprint density at radius 3 is 2.71 bits per heavy atom. The standard InChI is InChI=1S/C17H14BrN3O2S/c1-23-14-9-5-2-6-11(14)10-15-20-21-17(24-15)19-16(22)12-7-3-4-8-13(12)18/h2-9H,10H2,1H3,(H,19,21,22). The second-order valence-electron chi connectivity index (χ2n) is 4.92. The lowest BCUT2D eigenvalue weighted by molar-refractivity contribution is 0.102. The van der Waals surface area contributed by atoms with E-state index in [0.717, 1.165) is 20.8 Å². The molecule has 1 aromatic heterocycles. The van der Waals surface area contributed by atoms with E-state index < -0.39 is 0 Å². The van der Waals surface area contributed by atoms with Crippen LogP contribution in [0.25, 0.3) is 0 Å². The summed E-state index contributed by atoms with van der Waals surface area (Å²) in [6.07, 6.45) is 0.604. The number of hydrogen-bond acceptors (Lipinski definition) is 5. The number of hydrogen-bond donors (Lipinski definition) is 1. The summed E-state index contributed by atoms with van der Waals surface area (Å²) in [6.45, 7) is 0. The van der Waals surface area contributed by atoms with Crippen molar-refractivity contribution in [2.45, 2.75) is 6.42 Å². The van der Waals surface area contributed by atoms with Gasteiger partial charge in [-0.1, -0.05) is 41.7 Å². The van der Waals surface area contributed by atoms with Crippen LogP contribution in [0, 0.1) is 0 Å². The first-order chi connectivity index (χ1) is 11.7. The van der Waals surface area contributed by atoms with E-state index in [-0.39, 0.29) is 5.91 Å². The fourth-order valence-corrected chi connectivity index (χ4v) is 3.42. The third kappa shape index (κ3) is 3.80. The lowest BCUT2D eigenvalue weighted by atomic mass is 10.1. The zero-order chi connectivity index (χ0) is 16.9. The van der Waals surface area contributed by atoms with Crippen molar-refractivity contribution in [3.8, 4) is 5.75 Å². The Morgan fingerprint density at radius 1 is 1.17 bits per heavy atom. The number of anilines is 1. The Labute approximate surface area is 151 Å². The van der Waals surface area contributed by atoms with E-state index >= 15 is 0 Å². The van der Waals surface area contributed by atoms with Gasteiger partial charge in [-0.05, 0) is 34.1 Å². The zero-order valence-corrected chi connectivity index (χ0v) is 15.2. The van der Waals surface area contributed by atoms with Gasteiger partial charge >= 0.3 is 0 Å². The largest absolute Gasteiger partial charge is 0.496 e. The summed E-state index contributed by atoms with van der Waals surface area (Å²) in [5, 5.41) is 12.2. The van der Waals surface area contributed by atoms with Gasteiger partial charge in [0.15, 0.2) is 0 Å². The molecule has 0 bridgehead atoms. The molecule has 1 heterocycles. The molecule has 0 spiro atoms. The predicted molar refractivity (Wildman–Crippen MR) is 97.8 cm³/mol. The van der Waals surface area contributed by atoms with Crippen LogP contribution in [0.15, 0.2) is 53.0 Å². The van der Waals surface area contributed by atoms with E-state index in [1.54, 1.807) is 13.2 Å². The summed E-state index contributed by atoms with van der Waals surface area (Å²) in [5.41, 5.74) is 1.58.